The predicted octanol–water partition coefficient (Wildman–Crippen LogP) is 2.52. The first kappa shape index (κ1) is 15.7. The minimum absolute atomic E-state index is 0.131. The van der Waals surface area contributed by atoms with Crippen molar-refractivity contribution in [3.8, 4) is 0 Å². The van der Waals surface area contributed by atoms with Crippen LogP contribution in [0.1, 0.15) is 20.3 Å². The van der Waals surface area contributed by atoms with Gasteiger partial charge in [0.15, 0.2) is 9.84 Å². The van der Waals surface area contributed by atoms with Gasteiger partial charge >= 0.3 is 0 Å². The largest absolute Gasteiger partial charge is 0.304 e. The molecule has 0 spiro atoms. The normalized spacial score (nSPS) is 19.9. The highest BCUT2D eigenvalue weighted by molar-refractivity contribution is 7.94. The molecule has 0 N–H and O–H groups in total. The summed E-state index contributed by atoms with van der Waals surface area (Å²) in [5, 5.41) is 1.14. The summed E-state index contributed by atoms with van der Waals surface area (Å²) in [4.78, 5) is 13.9. The fraction of sp³-hybridized carbons (Fsp3) is 0.400. The number of halogens is 1. The van der Waals surface area contributed by atoms with E-state index >= 15 is 0 Å². The molecule has 0 radical (unpaired) electrons. The molecule has 21 heavy (non-hydrogen) atoms. The third-order valence-corrected chi connectivity index (χ3v) is 4.58. The molecule has 1 aliphatic heterocycles. The molecule has 4 nitrogen and oxygen atoms in total. The van der Waals surface area contributed by atoms with Crippen LogP contribution in [0.5, 0.6) is 0 Å². The minimum atomic E-state index is -3.27. The number of rotatable bonds is 4. The van der Waals surface area contributed by atoms with E-state index in [0.717, 1.165) is 5.41 Å². The van der Waals surface area contributed by atoms with E-state index < -0.39 is 21.7 Å². The molecule has 0 aliphatic carbocycles. The number of carbonyl (C=O) groups is 1. The number of hydrogen-bond donors (Lipinski definition) is 0. The average molecular weight is 311 g/mol. The lowest BCUT2D eigenvalue weighted by atomic mass is 10.1. The monoisotopic (exact) mass is 311 g/mol. The van der Waals surface area contributed by atoms with Crippen LogP contribution >= 0.6 is 0 Å². The maximum atomic E-state index is 13.0. The van der Waals surface area contributed by atoms with Gasteiger partial charge in [0.25, 0.3) is 0 Å². The van der Waals surface area contributed by atoms with Gasteiger partial charge in [0.2, 0.25) is 5.91 Å². The fourth-order valence-corrected chi connectivity index (χ4v) is 3.56. The number of benzene rings is 1. The Morgan fingerprint density at radius 3 is 2.43 bits per heavy atom. The van der Waals surface area contributed by atoms with E-state index in [1.807, 2.05) is 13.8 Å². The molecule has 6 heteroatoms. The topological polar surface area (TPSA) is 54.5 Å². The minimum Gasteiger partial charge on any atom is -0.304 e. The second-order valence-electron chi connectivity index (χ2n) is 5.56. The summed E-state index contributed by atoms with van der Waals surface area (Å²) in [5.41, 5.74) is 0.508. The van der Waals surface area contributed by atoms with Gasteiger partial charge in [-0.2, -0.15) is 0 Å². The molecule has 0 fully saturated rings. The summed E-state index contributed by atoms with van der Waals surface area (Å²) in [5.74, 6) is -0.538. The van der Waals surface area contributed by atoms with Crippen molar-refractivity contribution in [1.82, 2.24) is 0 Å². The molecule has 1 aromatic rings. The van der Waals surface area contributed by atoms with Gasteiger partial charge in [0, 0.05) is 17.5 Å². The molecule has 1 atom stereocenters. The molecule has 2 rings (SSSR count). The molecule has 1 heterocycles. The van der Waals surface area contributed by atoms with Gasteiger partial charge in [0.05, 0.1) is 11.8 Å². The Bertz CT molecular complexity index is 650. The van der Waals surface area contributed by atoms with Gasteiger partial charge < -0.3 is 4.90 Å². The maximum absolute atomic E-state index is 13.0. The Morgan fingerprint density at radius 1 is 1.33 bits per heavy atom. The second-order valence-corrected chi connectivity index (χ2v) is 7.49. The lowest BCUT2D eigenvalue weighted by Crippen LogP contribution is -2.41. The summed E-state index contributed by atoms with van der Waals surface area (Å²) < 4.78 is 36.2. The highest BCUT2D eigenvalue weighted by Crippen LogP contribution is 2.24. The van der Waals surface area contributed by atoms with Gasteiger partial charge in [-0.3, -0.25) is 4.79 Å². The molecule has 1 amide bonds. The Hall–Kier alpha value is -1.69. The van der Waals surface area contributed by atoms with Crippen molar-refractivity contribution in [1.29, 1.82) is 0 Å². The van der Waals surface area contributed by atoms with E-state index in [0.29, 0.717) is 12.1 Å². The molecule has 0 bridgehead atoms. The van der Waals surface area contributed by atoms with E-state index in [-0.39, 0.29) is 17.6 Å². The molecule has 0 saturated heterocycles. The van der Waals surface area contributed by atoms with E-state index in [9.17, 15) is 17.6 Å². The molecular formula is C15H18FNO3S. The Balaban J connectivity index is 2.33. The highest BCUT2D eigenvalue weighted by atomic mass is 32.2. The standard InChI is InChI=1S/C15H18FNO3S/c1-11(2)9-15(18)17(13-5-3-12(16)4-6-13)14-7-8-21(19,20)10-14/h3-8,11,14H,9-10H2,1-2H3/t14-/m0/s1. The lowest BCUT2D eigenvalue weighted by molar-refractivity contribution is -0.119. The molecule has 0 saturated carbocycles. The van der Waals surface area contributed by atoms with Crippen LogP contribution in [0.25, 0.3) is 0 Å². The van der Waals surface area contributed by atoms with Gasteiger partial charge in [-0.05, 0) is 36.3 Å². The van der Waals surface area contributed by atoms with Gasteiger partial charge in [0.1, 0.15) is 5.82 Å². The molecule has 0 unspecified atom stereocenters. The van der Waals surface area contributed by atoms with Gasteiger partial charge in [-0.1, -0.05) is 13.8 Å². The number of carbonyl (C=O) groups excluding carboxylic acids is 1. The van der Waals surface area contributed by atoms with Crippen LogP contribution in [0.3, 0.4) is 0 Å². The quantitative estimate of drug-likeness (QED) is 0.858. The van der Waals surface area contributed by atoms with Crippen LogP contribution in [0.15, 0.2) is 35.7 Å². The third kappa shape index (κ3) is 3.91. The van der Waals surface area contributed by atoms with Crippen LogP contribution in [-0.2, 0) is 14.6 Å². The van der Waals surface area contributed by atoms with Crippen molar-refractivity contribution in [2.24, 2.45) is 5.92 Å². The lowest BCUT2D eigenvalue weighted by Gasteiger charge is -2.28. The average Bonchev–Trinajstić information content (AvgIpc) is 2.71. The van der Waals surface area contributed by atoms with Crippen molar-refractivity contribution in [3.63, 3.8) is 0 Å². The van der Waals surface area contributed by atoms with E-state index in [4.69, 9.17) is 0 Å². The van der Waals surface area contributed by atoms with Crippen LogP contribution in [0.2, 0.25) is 0 Å². The van der Waals surface area contributed by atoms with Gasteiger partial charge in [-0.15, -0.1) is 0 Å². The molecule has 1 aromatic carbocycles. The first-order valence-electron chi connectivity index (χ1n) is 6.77. The van der Waals surface area contributed by atoms with Crippen LogP contribution in [-0.4, -0.2) is 26.1 Å². The molecule has 1 aliphatic rings. The maximum Gasteiger partial charge on any atom is 0.227 e. The molecular weight excluding hydrogens is 293 g/mol. The van der Waals surface area contributed by atoms with E-state index in [2.05, 4.69) is 0 Å². The van der Waals surface area contributed by atoms with Crippen molar-refractivity contribution in [3.05, 3.63) is 41.6 Å². The first-order valence-corrected chi connectivity index (χ1v) is 8.48. The second kappa shape index (κ2) is 5.97. The van der Waals surface area contributed by atoms with Crippen molar-refractivity contribution in [2.75, 3.05) is 10.7 Å². The van der Waals surface area contributed by atoms with Crippen molar-refractivity contribution >= 4 is 21.4 Å². The molecule has 0 aromatic heterocycles. The van der Waals surface area contributed by atoms with Crippen LogP contribution in [0.4, 0.5) is 10.1 Å². The first-order chi connectivity index (χ1) is 9.78. The summed E-state index contributed by atoms with van der Waals surface area (Å²) in [7, 11) is -3.27. The number of sulfone groups is 1. The van der Waals surface area contributed by atoms with Gasteiger partial charge in [-0.25, -0.2) is 12.8 Å². The number of amides is 1. The zero-order valence-corrected chi connectivity index (χ0v) is 12.8. The smallest absolute Gasteiger partial charge is 0.227 e. The number of hydrogen-bond acceptors (Lipinski definition) is 3. The highest BCUT2D eigenvalue weighted by Gasteiger charge is 2.31. The predicted molar refractivity (Wildman–Crippen MR) is 80.1 cm³/mol. The SMILES string of the molecule is CC(C)CC(=O)N(c1ccc(F)cc1)[C@H]1C=CS(=O)(=O)C1. The van der Waals surface area contributed by atoms with E-state index in [1.165, 1.54) is 35.2 Å². The summed E-state index contributed by atoms with van der Waals surface area (Å²) in [6, 6.07) is 4.97. The van der Waals surface area contributed by atoms with Crippen LogP contribution in [0, 0.1) is 11.7 Å². The zero-order chi connectivity index (χ0) is 15.6. The van der Waals surface area contributed by atoms with Crippen molar-refractivity contribution in [2.45, 2.75) is 26.3 Å². The molecule has 114 valence electrons. The van der Waals surface area contributed by atoms with Crippen molar-refractivity contribution < 1.29 is 17.6 Å². The Labute approximate surface area is 124 Å². The fourth-order valence-electron chi connectivity index (χ4n) is 2.29. The summed E-state index contributed by atoms with van der Waals surface area (Å²) in [6.45, 7) is 3.84. The Kier molecular flexibility index (Phi) is 4.46. The number of anilines is 1. The van der Waals surface area contributed by atoms with E-state index in [1.54, 1.807) is 0 Å². The summed E-state index contributed by atoms with van der Waals surface area (Å²) >= 11 is 0. The third-order valence-electron chi connectivity index (χ3n) is 3.20. The van der Waals surface area contributed by atoms with Crippen LogP contribution < -0.4 is 4.90 Å². The Morgan fingerprint density at radius 2 is 1.95 bits per heavy atom. The number of nitrogens with zero attached hydrogens (tertiary/aromatic N) is 1. The summed E-state index contributed by atoms with van der Waals surface area (Å²) in [6.07, 6.45) is 1.82. The zero-order valence-electron chi connectivity index (χ0n) is 12.0.